The minimum Gasteiger partial charge on any atom is -0.394 e. The summed E-state index contributed by atoms with van der Waals surface area (Å²) in [6, 6.07) is 18.6. The summed E-state index contributed by atoms with van der Waals surface area (Å²) in [7, 11) is 0. The maximum Gasteiger partial charge on any atom is 0.107 e. The fourth-order valence-electron chi connectivity index (χ4n) is 1.98. The smallest absolute Gasteiger partial charge is 0.107 e. The Kier molecular flexibility index (Phi) is 5.24. The van der Waals surface area contributed by atoms with Gasteiger partial charge in [0.1, 0.15) is 11.1 Å². The average molecular weight is 287 g/mol. The van der Waals surface area contributed by atoms with Crippen LogP contribution in [0.25, 0.3) is 0 Å². The molecule has 0 aliphatic heterocycles. The highest BCUT2D eigenvalue weighted by Gasteiger charge is 2.21. The standard InChI is InChI=1S/C16H17NO2S/c18-11-14(19)15(12-7-3-1-4-8-12)17-16(20)13-9-5-2-6-10-13/h1-10,14-15,18-19H,11H2,(H,17,20). The molecule has 0 heterocycles. The molecular weight excluding hydrogens is 270 g/mol. The van der Waals surface area contributed by atoms with Crippen LogP contribution in [-0.2, 0) is 0 Å². The number of nitrogens with one attached hydrogen (secondary N) is 1. The van der Waals surface area contributed by atoms with E-state index in [9.17, 15) is 10.2 Å². The van der Waals surface area contributed by atoms with Crippen molar-refractivity contribution in [3.63, 3.8) is 0 Å². The molecule has 0 saturated carbocycles. The van der Waals surface area contributed by atoms with E-state index in [0.717, 1.165) is 11.1 Å². The van der Waals surface area contributed by atoms with E-state index in [2.05, 4.69) is 5.32 Å². The highest BCUT2D eigenvalue weighted by molar-refractivity contribution is 7.80. The molecule has 4 heteroatoms. The molecule has 2 aromatic rings. The molecule has 2 atom stereocenters. The predicted octanol–water partition coefficient (Wildman–Crippen LogP) is 2.05. The Morgan fingerprint density at radius 3 is 2.10 bits per heavy atom. The number of thiocarbonyl (C=S) groups is 1. The van der Waals surface area contributed by atoms with Gasteiger partial charge in [-0.3, -0.25) is 0 Å². The largest absolute Gasteiger partial charge is 0.394 e. The van der Waals surface area contributed by atoms with Gasteiger partial charge in [-0.05, 0) is 5.56 Å². The fraction of sp³-hybridized carbons (Fsp3) is 0.188. The Balaban J connectivity index is 2.19. The first kappa shape index (κ1) is 14.7. The van der Waals surface area contributed by atoms with Crippen LogP contribution < -0.4 is 5.32 Å². The van der Waals surface area contributed by atoms with Crippen LogP contribution in [0.1, 0.15) is 17.2 Å². The van der Waals surface area contributed by atoms with Crippen molar-refractivity contribution in [1.82, 2.24) is 5.32 Å². The van der Waals surface area contributed by atoms with Gasteiger partial charge in [0.2, 0.25) is 0 Å². The lowest BCUT2D eigenvalue weighted by Crippen LogP contribution is -2.37. The molecule has 0 amide bonds. The van der Waals surface area contributed by atoms with Gasteiger partial charge in [-0.2, -0.15) is 0 Å². The lowest BCUT2D eigenvalue weighted by Gasteiger charge is -2.24. The normalized spacial score (nSPS) is 13.5. The second-order valence-electron chi connectivity index (χ2n) is 4.48. The minimum absolute atomic E-state index is 0.329. The summed E-state index contributed by atoms with van der Waals surface area (Å²) in [5.41, 5.74) is 1.76. The summed E-state index contributed by atoms with van der Waals surface area (Å²) in [5, 5.41) is 22.3. The van der Waals surface area contributed by atoms with E-state index in [0.29, 0.717) is 4.99 Å². The van der Waals surface area contributed by atoms with Crippen LogP contribution in [0.15, 0.2) is 60.7 Å². The SMILES string of the molecule is OCC(O)C(NC(=S)c1ccccc1)c1ccccc1. The van der Waals surface area contributed by atoms with Crippen molar-refractivity contribution in [1.29, 1.82) is 0 Å². The van der Waals surface area contributed by atoms with Gasteiger partial charge in [0.25, 0.3) is 0 Å². The van der Waals surface area contributed by atoms with Gasteiger partial charge in [-0.1, -0.05) is 72.9 Å². The van der Waals surface area contributed by atoms with E-state index < -0.39 is 12.1 Å². The van der Waals surface area contributed by atoms with Crippen LogP contribution in [0.4, 0.5) is 0 Å². The number of hydrogen-bond donors (Lipinski definition) is 3. The Bertz CT molecular complexity index is 545. The highest BCUT2D eigenvalue weighted by atomic mass is 32.1. The van der Waals surface area contributed by atoms with Crippen LogP contribution in [0.5, 0.6) is 0 Å². The molecule has 104 valence electrons. The van der Waals surface area contributed by atoms with Crippen molar-refractivity contribution >= 4 is 17.2 Å². The van der Waals surface area contributed by atoms with E-state index in [1.165, 1.54) is 0 Å². The summed E-state index contributed by atoms with van der Waals surface area (Å²) < 4.78 is 0. The Morgan fingerprint density at radius 2 is 1.55 bits per heavy atom. The first-order valence-electron chi connectivity index (χ1n) is 6.42. The molecule has 0 saturated heterocycles. The summed E-state index contributed by atoms with van der Waals surface area (Å²) in [6.45, 7) is -0.329. The third kappa shape index (κ3) is 3.63. The highest BCUT2D eigenvalue weighted by Crippen LogP contribution is 2.18. The van der Waals surface area contributed by atoms with Gasteiger partial charge < -0.3 is 15.5 Å². The van der Waals surface area contributed by atoms with Crippen LogP contribution in [0.3, 0.4) is 0 Å². The zero-order valence-electron chi connectivity index (χ0n) is 10.9. The minimum atomic E-state index is -0.918. The molecule has 0 bridgehead atoms. The van der Waals surface area contributed by atoms with Crippen molar-refractivity contribution < 1.29 is 10.2 Å². The zero-order valence-corrected chi connectivity index (χ0v) is 11.8. The molecule has 0 aromatic heterocycles. The van der Waals surface area contributed by atoms with Crippen LogP contribution in [0.2, 0.25) is 0 Å². The number of aliphatic hydroxyl groups is 2. The summed E-state index contributed by atoms with van der Waals surface area (Å²) in [5.74, 6) is 0. The third-order valence-corrected chi connectivity index (χ3v) is 3.41. The van der Waals surface area contributed by atoms with Gasteiger partial charge >= 0.3 is 0 Å². The molecule has 0 radical (unpaired) electrons. The summed E-state index contributed by atoms with van der Waals surface area (Å²) in [4.78, 5) is 0.548. The van der Waals surface area contributed by atoms with Gasteiger partial charge in [-0.25, -0.2) is 0 Å². The van der Waals surface area contributed by atoms with Gasteiger partial charge in [0.05, 0.1) is 12.6 Å². The van der Waals surface area contributed by atoms with Crippen molar-refractivity contribution in [2.75, 3.05) is 6.61 Å². The van der Waals surface area contributed by atoms with E-state index >= 15 is 0 Å². The Hall–Kier alpha value is -1.75. The number of aliphatic hydroxyl groups excluding tert-OH is 2. The molecule has 0 aliphatic carbocycles. The molecule has 3 nitrogen and oxygen atoms in total. The van der Waals surface area contributed by atoms with E-state index in [-0.39, 0.29) is 6.61 Å². The molecule has 0 aliphatic rings. The van der Waals surface area contributed by atoms with Crippen LogP contribution in [0, 0.1) is 0 Å². The second kappa shape index (κ2) is 7.14. The monoisotopic (exact) mass is 287 g/mol. The topological polar surface area (TPSA) is 52.5 Å². The quantitative estimate of drug-likeness (QED) is 0.737. The second-order valence-corrected chi connectivity index (χ2v) is 4.89. The molecule has 0 fully saturated rings. The lowest BCUT2D eigenvalue weighted by atomic mass is 10.0. The summed E-state index contributed by atoms with van der Waals surface area (Å²) >= 11 is 5.36. The number of rotatable bonds is 5. The van der Waals surface area contributed by atoms with Gasteiger partial charge in [-0.15, -0.1) is 0 Å². The summed E-state index contributed by atoms with van der Waals surface area (Å²) in [6.07, 6.45) is -0.918. The predicted molar refractivity (Wildman–Crippen MR) is 83.6 cm³/mol. The molecule has 2 rings (SSSR count). The van der Waals surface area contributed by atoms with Crippen molar-refractivity contribution in [2.45, 2.75) is 12.1 Å². The maximum absolute atomic E-state index is 9.99. The van der Waals surface area contributed by atoms with Gasteiger partial charge in [0, 0.05) is 5.56 Å². The van der Waals surface area contributed by atoms with Gasteiger partial charge in [0.15, 0.2) is 0 Å². The maximum atomic E-state index is 9.99. The number of benzene rings is 2. The Morgan fingerprint density at radius 1 is 1.00 bits per heavy atom. The molecule has 2 aromatic carbocycles. The zero-order chi connectivity index (χ0) is 14.4. The Labute approximate surface area is 123 Å². The fourth-order valence-corrected chi connectivity index (χ4v) is 2.24. The third-order valence-electron chi connectivity index (χ3n) is 3.05. The van der Waals surface area contributed by atoms with E-state index in [4.69, 9.17) is 12.2 Å². The van der Waals surface area contributed by atoms with Crippen molar-refractivity contribution in [3.8, 4) is 0 Å². The lowest BCUT2D eigenvalue weighted by molar-refractivity contribution is 0.0685. The van der Waals surface area contributed by atoms with Crippen molar-refractivity contribution in [3.05, 3.63) is 71.8 Å². The first-order valence-corrected chi connectivity index (χ1v) is 6.83. The molecular formula is C16H17NO2S. The molecule has 20 heavy (non-hydrogen) atoms. The molecule has 2 unspecified atom stereocenters. The number of hydrogen-bond acceptors (Lipinski definition) is 3. The van der Waals surface area contributed by atoms with E-state index in [1.54, 1.807) is 0 Å². The molecule has 3 N–H and O–H groups in total. The average Bonchev–Trinajstić information content (AvgIpc) is 2.53. The van der Waals surface area contributed by atoms with E-state index in [1.807, 2.05) is 60.7 Å². The van der Waals surface area contributed by atoms with Crippen LogP contribution in [-0.4, -0.2) is 27.9 Å². The first-order chi connectivity index (χ1) is 9.72. The van der Waals surface area contributed by atoms with Crippen LogP contribution >= 0.6 is 12.2 Å². The molecule has 0 spiro atoms. The van der Waals surface area contributed by atoms with Crippen molar-refractivity contribution in [2.24, 2.45) is 0 Å².